The third-order valence-corrected chi connectivity index (χ3v) is 3.92. The topological polar surface area (TPSA) is 42.2 Å². The lowest BCUT2D eigenvalue weighted by atomic mass is 10.2. The molecule has 1 aromatic carbocycles. The third kappa shape index (κ3) is 2.54. The summed E-state index contributed by atoms with van der Waals surface area (Å²) < 4.78 is 1.12. The minimum atomic E-state index is 0.744. The number of halogens is 1. The van der Waals surface area contributed by atoms with Gasteiger partial charge < -0.3 is 10.6 Å². The van der Waals surface area contributed by atoms with Gasteiger partial charge in [-0.15, -0.1) is 0 Å². The predicted octanol–water partition coefficient (Wildman–Crippen LogP) is 3.12. The highest BCUT2D eigenvalue weighted by Gasteiger charge is 2.07. The fraction of sp³-hybridized carbons (Fsp3) is 0.182. The van der Waals surface area contributed by atoms with E-state index in [4.69, 9.17) is 5.73 Å². The van der Waals surface area contributed by atoms with Crippen LogP contribution in [-0.4, -0.2) is 12.0 Å². The number of aromatic nitrogens is 1. The molecule has 1 heterocycles. The molecule has 1 aromatic heterocycles. The Balaban J connectivity index is 2.13. The number of hydrogen-bond acceptors (Lipinski definition) is 4. The second-order valence-corrected chi connectivity index (χ2v) is 5.39. The first-order valence-corrected chi connectivity index (χ1v) is 6.43. The molecule has 0 aliphatic heterocycles. The molecule has 5 heteroatoms. The second kappa shape index (κ2) is 4.84. The second-order valence-electron chi connectivity index (χ2n) is 3.49. The minimum Gasteiger partial charge on any atom is -0.389 e. The zero-order valence-electron chi connectivity index (χ0n) is 8.85. The molecule has 0 fully saturated rings. The van der Waals surface area contributed by atoms with E-state index in [9.17, 15) is 0 Å². The summed E-state index contributed by atoms with van der Waals surface area (Å²) in [4.78, 5) is 6.33. The van der Waals surface area contributed by atoms with Crippen LogP contribution in [0.15, 0.2) is 34.9 Å². The quantitative estimate of drug-likeness (QED) is 0.946. The molecular weight excluding hydrogens is 286 g/mol. The summed E-state index contributed by atoms with van der Waals surface area (Å²) in [7, 11) is 2.01. The molecule has 0 unspecified atom stereocenters. The van der Waals surface area contributed by atoms with Gasteiger partial charge in [-0.05, 0) is 11.6 Å². The highest BCUT2D eigenvalue weighted by molar-refractivity contribution is 9.10. The Hall–Kier alpha value is -1.07. The van der Waals surface area contributed by atoms with Crippen LogP contribution in [0.2, 0.25) is 0 Å². The third-order valence-electron chi connectivity index (χ3n) is 2.20. The van der Waals surface area contributed by atoms with Gasteiger partial charge in [0.2, 0.25) is 0 Å². The van der Waals surface area contributed by atoms with Crippen molar-refractivity contribution >= 4 is 37.4 Å². The van der Waals surface area contributed by atoms with Crippen LogP contribution in [0.4, 0.5) is 10.1 Å². The van der Waals surface area contributed by atoms with Gasteiger partial charge in [0.05, 0.1) is 6.20 Å². The van der Waals surface area contributed by atoms with Gasteiger partial charge in [-0.25, -0.2) is 4.98 Å². The number of nitrogens with zero attached hydrogens (tertiary/aromatic N) is 2. The number of rotatable bonds is 3. The molecule has 0 aliphatic rings. The van der Waals surface area contributed by atoms with Gasteiger partial charge in [-0.3, -0.25) is 0 Å². The molecule has 0 spiro atoms. The fourth-order valence-corrected chi connectivity index (χ4v) is 2.46. The summed E-state index contributed by atoms with van der Waals surface area (Å²) in [5, 5.41) is 1.68. The number of benzene rings is 1. The summed E-state index contributed by atoms with van der Waals surface area (Å²) in [5.74, 6) is 0. The molecule has 0 aliphatic carbocycles. The van der Waals surface area contributed by atoms with Crippen LogP contribution < -0.4 is 10.6 Å². The monoisotopic (exact) mass is 297 g/mol. The summed E-state index contributed by atoms with van der Waals surface area (Å²) in [5.41, 5.74) is 6.89. The van der Waals surface area contributed by atoms with Crippen molar-refractivity contribution in [3.05, 3.63) is 40.5 Å². The SMILES string of the molecule is CN(Cc1ccccc1Br)c1ncc(N)s1. The number of thiazole rings is 1. The average molecular weight is 298 g/mol. The molecule has 0 bridgehead atoms. The molecule has 16 heavy (non-hydrogen) atoms. The highest BCUT2D eigenvalue weighted by Crippen LogP contribution is 2.25. The van der Waals surface area contributed by atoms with Crippen molar-refractivity contribution in [1.29, 1.82) is 0 Å². The summed E-state index contributed by atoms with van der Waals surface area (Å²) >= 11 is 5.03. The first-order valence-electron chi connectivity index (χ1n) is 4.82. The first-order chi connectivity index (χ1) is 7.66. The average Bonchev–Trinajstić information content (AvgIpc) is 2.68. The fourth-order valence-electron chi connectivity index (χ4n) is 1.40. The van der Waals surface area contributed by atoms with Crippen LogP contribution >= 0.6 is 27.3 Å². The lowest BCUT2D eigenvalue weighted by Crippen LogP contribution is -2.16. The molecule has 2 aromatic rings. The Morgan fingerprint density at radius 2 is 2.19 bits per heavy atom. The van der Waals surface area contributed by atoms with E-state index in [1.807, 2.05) is 25.2 Å². The van der Waals surface area contributed by atoms with E-state index in [-0.39, 0.29) is 0 Å². The van der Waals surface area contributed by atoms with Gasteiger partial charge in [-0.2, -0.15) is 0 Å². The maximum atomic E-state index is 5.66. The molecule has 84 valence electrons. The van der Waals surface area contributed by atoms with E-state index in [2.05, 4.69) is 31.9 Å². The first kappa shape index (κ1) is 11.4. The Kier molecular flexibility index (Phi) is 3.46. The number of anilines is 2. The van der Waals surface area contributed by atoms with Gasteiger partial charge in [0, 0.05) is 18.1 Å². The predicted molar refractivity (Wildman–Crippen MR) is 72.8 cm³/mol. The van der Waals surface area contributed by atoms with E-state index in [1.54, 1.807) is 6.20 Å². The maximum Gasteiger partial charge on any atom is 0.187 e. The molecule has 2 rings (SSSR count). The largest absolute Gasteiger partial charge is 0.389 e. The van der Waals surface area contributed by atoms with Crippen molar-refractivity contribution in [3.63, 3.8) is 0 Å². The zero-order chi connectivity index (χ0) is 11.5. The van der Waals surface area contributed by atoms with Crippen molar-refractivity contribution in [2.24, 2.45) is 0 Å². The van der Waals surface area contributed by atoms with E-state index in [1.165, 1.54) is 16.9 Å². The van der Waals surface area contributed by atoms with E-state index < -0.39 is 0 Å². The molecule has 3 nitrogen and oxygen atoms in total. The summed E-state index contributed by atoms with van der Waals surface area (Å²) in [6.07, 6.45) is 1.69. The van der Waals surface area contributed by atoms with Crippen molar-refractivity contribution in [3.8, 4) is 0 Å². The molecule has 0 amide bonds. The van der Waals surface area contributed by atoms with Crippen LogP contribution in [0, 0.1) is 0 Å². The van der Waals surface area contributed by atoms with Gasteiger partial charge in [-0.1, -0.05) is 45.5 Å². The van der Waals surface area contributed by atoms with Crippen LogP contribution in [-0.2, 0) is 6.54 Å². The number of hydrogen-bond donors (Lipinski definition) is 1. The van der Waals surface area contributed by atoms with Crippen molar-refractivity contribution in [1.82, 2.24) is 4.98 Å². The molecule has 0 radical (unpaired) electrons. The lowest BCUT2D eigenvalue weighted by molar-refractivity contribution is 0.910. The van der Waals surface area contributed by atoms with Crippen molar-refractivity contribution in [2.75, 3.05) is 17.7 Å². The lowest BCUT2D eigenvalue weighted by Gasteiger charge is -2.16. The smallest absolute Gasteiger partial charge is 0.187 e. The standard InChI is InChI=1S/C11H12BrN3S/c1-15(11-14-6-10(13)16-11)7-8-4-2-3-5-9(8)12/h2-6H,7,13H2,1H3. The Morgan fingerprint density at radius 3 is 2.81 bits per heavy atom. The van der Waals surface area contributed by atoms with Crippen LogP contribution in [0.25, 0.3) is 0 Å². The Morgan fingerprint density at radius 1 is 1.44 bits per heavy atom. The molecule has 0 atom stereocenters. The van der Waals surface area contributed by atoms with Gasteiger partial charge in [0.25, 0.3) is 0 Å². The van der Waals surface area contributed by atoms with E-state index in [0.29, 0.717) is 0 Å². The number of nitrogens with two attached hydrogens (primary N) is 1. The van der Waals surface area contributed by atoms with Crippen molar-refractivity contribution < 1.29 is 0 Å². The number of nitrogen functional groups attached to an aromatic ring is 1. The minimum absolute atomic E-state index is 0.744. The van der Waals surface area contributed by atoms with Gasteiger partial charge in [0.1, 0.15) is 5.00 Å². The molecular formula is C11H12BrN3S. The summed E-state index contributed by atoms with van der Waals surface area (Å²) in [6.45, 7) is 0.814. The summed E-state index contributed by atoms with van der Waals surface area (Å²) in [6, 6.07) is 8.18. The van der Waals surface area contributed by atoms with E-state index in [0.717, 1.165) is 21.2 Å². The van der Waals surface area contributed by atoms with E-state index >= 15 is 0 Å². The highest BCUT2D eigenvalue weighted by atomic mass is 79.9. The van der Waals surface area contributed by atoms with Crippen LogP contribution in [0.1, 0.15) is 5.56 Å². The van der Waals surface area contributed by atoms with Crippen molar-refractivity contribution in [2.45, 2.75) is 6.54 Å². The maximum absolute atomic E-state index is 5.66. The Labute approximate surface area is 107 Å². The molecule has 0 saturated heterocycles. The normalized spacial score (nSPS) is 10.4. The Bertz CT molecular complexity index is 484. The van der Waals surface area contributed by atoms with Gasteiger partial charge >= 0.3 is 0 Å². The van der Waals surface area contributed by atoms with Gasteiger partial charge in [0.15, 0.2) is 5.13 Å². The molecule has 0 saturated carbocycles. The molecule has 2 N–H and O–H groups in total. The van der Waals surface area contributed by atoms with Crippen LogP contribution in [0.3, 0.4) is 0 Å². The zero-order valence-corrected chi connectivity index (χ0v) is 11.3. The van der Waals surface area contributed by atoms with Crippen LogP contribution in [0.5, 0.6) is 0 Å².